The Morgan fingerprint density at radius 2 is 1.62 bits per heavy atom. The van der Waals surface area contributed by atoms with E-state index in [1.807, 2.05) is 37.3 Å². The summed E-state index contributed by atoms with van der Waals surface area (Å²) in [5, 5.41) is 0.950. The van der Waals surface area contributed by atoms with E-state index in [0.717, 1.165) is 5.56 Å². The van der Waals surface area contributed by atoms with Crippen LogP contribution in [-0.4, -0.2) is 33.9 Å². The Bertz CT molecular complexity index is 1740. The highest BCUT2D eigenvalue weighted by molar-refractivity contribution is 6.08. The lowest BCUT2D eigenvalue weighted by atomic mass is 10.0. The van der Waals surface area contributed by atoms with E-state index >= 15 is 0 Å². The molecular weight excluding hydrogens is 470 g/mol. The van der Waals surface area contributed by atoms with Crippen LogP contribution >= 0.6 is 0 Å². The van der Waals surface area contributed by atoms with E-state index in [-0.39, 0.29) is 22.5 Å². The van der Waals surface area contributed by atoms with Crippen molar-refractivity contribution < 1.29 is 14.3 Å². The minimum Gasteiger partial charge on any atom is -0.465 e. The summed E-state index contributed by atoms with van der Waals surface area (Å²) in [5.74, 6) is -0.962. The number of pyridine rings is 1. The monoisotopic (exact) mass is 493 g/mol. The number of hydrogen-bond donors (Lipinski definition) is 3. The van der Waals surface area contributed by atoms with Gasteiger partial charge < -0.3 is 9.72 Å². The number of anilines is 1. The highest BCUT2D eigenvalue weighted by atomic mass is 16.5. The van der Waals surface area contributed by atoms with Crippen LogP contribution in [0.15, 0.2) is 71.5 Å². The molecule has 0 aliphatic heterocycles. The summed E-state index contributed by atoms with van der Waals surface area (Å²) in [6.07, 6.45) is 0. The predicted octanol–water partition coefficient (Wildman–Crippen LogP) is 4.30. The molecule has 9 heteroatoms. The lowest BCUT2D eigenvalue weighted by Crippen LogP contribution is -2.31. The topological polar surface area (TPSA) is 126 Å². The van der Waals surface area contributed by atoms with E-state index in [9.17, 15) is 14.4 Å². The van der Waals surface area contributed by atoms with Gasteiger partial charge in [-0.3, -0.25) is 20.4 Å². The Labute approximate surface area is 211 Å². The van der Waals surface area contributed by atoms with Gasteiger partial charge in [0, 0.05) is 21.9 Å². The fourth-order valence-electron chi connectivity index (χ4n) is 4.21. The normalized spacial score (nSPS) is 10.9. The third-order valence-corrected chi connectivity index (χ3v) is 6.08. The van der Waals surface area contributed by atoms with Crippen molar-refractivity contribution in [2.75, 3.05) is 12.5 Å². The standard InChI is InChI=1S/C28H23N5O4/c1-15-11-13-17(14-12-15)23-22(27(36)37-3)16(2)29-28(31-23)33-32-26(35)20-9-6-8-19-24(20)30-21-10-5-4-7-18(21)25(19)34/h4-14H,1-3H3,(H,30,34)(H,32,35)(H,29,31,33). The summed E-state index contributed by atoms with van der Waals surface area (Å²) in [5.41, 5.74) is 9.26. The third-order valence-electron chi connectivity index (χ3n) is 6.08. The Kier molecular flexibility index (Phi) is 6.10. The van der Waals surface area contributed by atoms with Crippen LogP contribution in [0, 0.1) is 13.8 Å². The average molecular weight is 494 g/mol. The molecule has 5 rings (SSSR count). The molecule has 0 spiro atoms. The Morgan fingerprint density at radius 1 is 0.892 bits per heavy atom. The van der Waals surface area contributed by atoms with Gasteiger partial charge in [0.15, 0.2) is 5.43 Å². The van der Waals surface area contributed by atoms with Crippen molar-refractivity contribution in [2.45, 2.75) is 13.8 Å². The number of para-hydroxylation sites is 2. The molecule has 5 aromatic rings. The number of rotatable bonds is 5. The van der Waals surface area contributed by atoms with Crippen molar-refractivity contribution in [1.29, 1.82) is 0 Å². The number of benzene rings is 3. The second-order valence-electron chi connectivity index (χ2n) is 8.52. The minimum atomic E-state index is -0.560. The lowest BCUT2D eigenvalue weighted by molar-refractivity contribution is 0.0599. The first-order valence-corrected chi connectivity index (χ1v) is 11.5. The van der Waals surface area contributed by atoms with Crippen LogP contribution in [0.4, 0.5) is 5.95 Å². The first-order chi connectivity index (χ1) is 17.9. The molecule has 9 nitrogen and oxygen atoms in total. The smallest absolute Gasteiger partial charge is 0.341 e. The number of aromatic nitrogens is 3. The van der Waals surface area contributed by atoms with Crippen molar-refractivity contribution in [3.63, 3.8) is 0 Å². The largest absolute Gasteiger partial charge is 0.465 e. The van der Waals surface area contributed by atoms with Gasteiger partial charge in [0.25, 0.3) is 5.91 Å². The highest BCUT2D eigenvalue weighted by Gasteiger charge is 2.21. The summed E-state index contributed by atoms with van der Waals surface area (Å²) in [6, 6.07) is 19.6. The second-order valence-corrected chi connectivity index (χ2v) is 8.52. The van der Waals surface area contributed by atoms with Gasteiger partial charge in [-0.2, -0.15) is 0 Å². The molecule has 2 aromatic heterocycles. The van der Waals surface area contributed by atoms with Crippen molar-refractivity contribution in [3.05, 3.63) is 99.3 Å². The van der Waals surface area contributed by atoms with Crippen LogP contribution in [-0.2, 0) is 4.74 Å². The second kappa shape index (κ2) is 9.54. The SMILES string of the molecule is COC(=O)c1c(C)nc(NNC(=O)c2cccc3c(=O)c4ccccc4[nH]c23)nc1-c1ccc(C)cc1. The molecule has 0 aliphatic rings. The number of H-pyrrole nitrogens is 1. The van der Waals surface area contributed by atoms with Gasteiger partial charge in [-0.05, 0) is 38.1 Å². The summed E-state index contributed by atoms with van der Waals surface area (Å²) in [4.78, 5) is 50.6. The summed E-state index contributed by atoms with van der Waals surface area (Å²) >= 11 is 0. The maximum Gasteiger partial charge on any atom is 0.341 e. The number of nitrogens with zero attached hydrogens (tertiary/aromatic N) is 2. The quantitative estimate of drug-likeness (QED) is 0.189. The van der Waals surface area contributed by atoms with E-state index < -0.39 is 11.9 Å². The van der Waals surface area contributed by atoms with E-state index in [4.69, 9.17) is 4.74 Å². The zero-order valence-corrected chi connectivity index (χ0v) is 20.4. The fraction of sp³-hybridized carbons (Fsp3) is 0.107. The number of esters is 1. The number of carbonyl (C=O) groups excluding carboxylic acids is 2. The fourth-order valence-corrected chi connectivity index (χ4v) is 4.21. The number of fused-ring (bicyclic) bond motifs is 2. The number of aromatic amines is 1. The first-order valence-electron chi connectivity index (χ1n) is 11.5. The van der Waals surface area contributed by atoms with E-state index in [1.165, 1.54) is 7.11 Å². The average Bonchev–Trinajstić information content (AvgIpc) is 2.91. The number of nitrogens with one attached hydrogen (secondary N) is 3. The molecule has 184 valence electrons. The Balaban J connectivity index is 1.50. The maximum absolute atomic E-state index is 13.2. The Hall–Kier alpha value is -5.05. The molecule has 2 heterocycles. The molecule has 3 aromatic carbocycles. The zero-order valence-electron chi connectivity index (χ0n) is 20.4. The molecule has 0 saturated heterocycles. The first kappa shape index (κ1) is 23.7. The van der Waals surface area contributed by atoms with Gasteiger partial charge in [0.2, 0.25) is 5.95 Å². The van der Waals surface area contributed by atoms with Crippen LogP contribution in [0.5, 0.6) is 0 Å². The van der Waals surface area contributed by atoms with Gasteiger partial charge in [-0.15, -0.1) is 0 Å². The van der Waals surface area contributed by atoms with Gasteiger partial charge in [-0.1, -0.05) is 48.0 Å². The van der Waals surface area contributed by atoms with Gasteiger partial charge in [-0.25, -0.2) is 14.8 Å². The number of amides is 1. The molecule has 0 fully saturated rings. The molecule has 0 atom stereocenters. The van der Waals surface area contributed by atoms with Crippen LogP contribution in [0.25, 0.3) is 33.1 Å². The van der Waals surface area contributed by atoms with Gasteiger partial charge in [0.1, 0.15) is 5.56 Å². The van der Waals surface area contributed by atoms with Crippen molar-refractivity contribution in [2.24, 2.45) is 0 Å². The van der Waals surface area contributed by atoms with Crippen LogP contribution in [0.1, 0.15) is 32.0 Å². The number of methoxy groups -OCH3 is 1. The molecule has 0 aliphatic carbocycles. The van der Waals surface area contributed by atoms with E-state index in [1.54, 1.807) is 43.3 Å². The van der Waals surface area contributed by atoms with Gasteiger partial charge >= 0.3 is 5.97 Å². The van der Waals surface area contributed by atoms with E-state index in [0.29, 0.717) is 38.8 Å². The van der Waals surface area contributed by atoms with Crippen molar-refractivity contribution >= 4 is 39.6 Å². The third kappa shape index (κ3) is 4.38. The van der Waals surface area contributed by atoms with E-state index in [2.05, 4.69) is 25.8 Å². The van der Waals surface area contributed by atoms with Gasteiger partial charge in [0.05, 0.1) is 29.6 Å². The maximum atomic E-state index is 13.2. The minimum absolute atomic E-state index is 0.0910. The zero-order chi connectivity index (χ0) is 26.1. The molecular formula is C28H23N5O4. The van der Waals surface area contributed by atoms with Crippen LogP contribution < -0.4 is 16.3 Å². The highest BCUT2D eigenvalue weighted by Crippen LogP contribution is 2.26. The van der Waals surface area contributed by atoms with Crippen molar-refractivity contribution in [1.82, 2.24) is 20.4 Å². The molecule has 3 N–H and O–H groups in total. The summed E-state index contributed by atoms with van der Waals surface area (Å²) in [7, 11) is 1.30. The predicted molar refractivity (Wildman–Crippen MR) is 141 cm³/mol. The van der Waals surface area contributed by atoms with Crippen LogP contribution in [0.3, 0.4) is 0 Å². The molecule has 0 unspecified atom stereocenters. The number of hydrazine groups is 1. The number of hydrogen-bond acceptors (Lipinski definition) is 7. The van der Waals surface area contributed by atoms with Crippen molar-refractivity contribution in [3.8, 4) is 11.3 Å². The Morgan fingerprint density at radius 3 is 2.38 bits per heavy atom. The lowest BCUT2D eigenvalue weighted by Gasteiger charge is -2.14. The molecule has 0 saturated carbocycles. The summed E-state index contributed by atoms with van der Waals surface area (Å²) in [6.45, 7) is 3.63. The van der Waals surface area contributed by atoms with Crippen LogP contribution in [0.2, 0.25) is 0 Å². The molecule has 0 bridgehead atoms. The number of aryl methyl sites for hydroxylation is 2. The summed E-state index contributed by atoms with van der Waals surface area (Å²) < 4.78 is 4.94. The molecule has 1 amide bonds. The molecule has 0 radical (unpaired) electrons. The number of carbonyl (C=O) groups is 2. The molecule has 37 heavy (non-hydrogen) atoms. The number of ether oxygens (including phenoxy) is 1.